The maximum Gasteiger partial charge on any atom is 0.185 e. The molecule has 4 nitrogen and oxygen atoms in total. The molecule has 0 aliphatic heterocycles. The standard InChI is InChI=1S/C12H9BrN4/c1-17(8-14)12-7-6-11(15-16-12)9-4-2-3-5-10(9)13/h2-7H,1H3. The summed E-state index contributed by atoms with van der Waals surface area (Å²) in [6.07, 6.45) is 1.97. The monoisotopic (exact) mass is 288 g/mol. The van der Waals surface area contributed by atoms with Gasteiger partial charge in [0.2, 0.25) is 0 Å². The van der Waals surface area contributed by atoms with E-state index < -0.39 is 0 Å². The molecule has 2 rings (SSSR count). The van der Waals surface area contributed by atoms with Crippen molar-refractivity contribution in [1.82, 2.24) is 10.2 Å². The van der Waals surface area contributed by atoms with Crippen LogP contribution >= 0.6 is 15.9 Å². The zero-order valence-electron chi connectivity index (χ0n) is 9.13. The van der Waals surface area contributed by atoms with Crippen LogP contribution in [0.1, 0.15) is 0 Å². The Bertz CT molecular complexity index is 559. The Labute approximate surface area is 108 Å². The molecule has 1 aromatic heterocycles. The summed E-state index contributed by atoms with van der Waals surface area (Å²) >= 11 is 3.46. The average molecular weight is 289 g/mol. The first-order valence-corrected chi connectivity index (χ1v) is 5.74. The molecule has 0 aliphatic carbocycles. The number of hydrogen-bond donors (Lipinski definition) is 0. The molecular formula is C12H9BrN4. The number of nitriles is 1. The molecule has 17 heavy (non-hydrogen) atoms. The van der Waals surface area contributed by atoms with Crippen molar-refractivity contribution >= 4 is 21.7 Å². The molecular weight excluding hydrogens is 280 g/mol. The van der Waals surface area contributed by atoms with E-state index in [1.807, 2.05) is 36.5 Å². The second-order valence-corrected chi connectivity index (χ2v) is 4.27. The summed E-state index contributed by atoms with van der Waals surface area (Å²) in [5, 5.41) is 16.8. The molecule has 1 aromatic carbocycles. The number of anilines is 1. The number of halogens is 1. The topological polar surface area (TPSA) is 52.8 Å². The fraction of sp³-hybridized carbons (Fsp3) is 0.0833. The molecule has 0 spiro atoms. The van der Waals surface area contributed by atoms with Crippen molar-refractivity contribution in [1.29, 1.82) is 5.26 Å². The first-order chi connectivity index (χ1) is 8.22. The van der Waals surface area contributed by atoms with Crippen molar-refractivity contribution in [2.45, 2.75) is 0 Å². The Morgan fingerprint density at radius 1 is 1.18 bits per heavy atom. The summed E-state index contributed by atoms with van der Waals surface area (Å²) in [6.45, 7) is 0. The van der Waals surface area contributed by atoms with Crippen LogP contribution in [-0.4, -0.2) is 17.2 Å². The smallest absolute Gasteiger partial charge is 0.185 e. The van der Waals surface area contributed by atoms with Crippen LogP contribution in [0.15, 0.2) is 40.9 Å². The lowest BCUT2D eigenvalue weighted by atomic mass is 10.1. The van der Waals surface area contributed by atoms with Crippen LogP contribution in [0.5, 0.6) is 0 Å². The third-order valence-corrected chi connectivity index (χ3v) is 2.99. The van der Waals surface area contributed by atoms with Gasteiger partial charge in [-0.15, -0.1) is 10.2 Å². The normalized spacial score (nSPS) is 9.71. The third-order valence-electron chi connectivity index (χ3n) is 2.29. The summed E-state index contributed by atoms with van der Waals surface area (Å²) in [7, 11) is 1.64. The van der Waals surface area contributed by atoms with Gasteiger partial charge >= 0.3 is 0 Å². The first kappa shape index (κ1) is 11.6. The van der Waals surface area contributed by atoms with Crippen LogP contribution in [0.25, 0.3) is 11.3 Å². The lowest BCUT2D eigenvalue weighted by Crippen LogP contribution is -2.10. The first-order valence-electron chi connectivity index (χ1n) is 4.94. The van der Waals surface area contributed by atoms with Crippen molar-refractivity contribution in [3.8, 4) is 17.5 Å². The summed E-state index contributed by atoms with van der Waals surface area (Å²) in [5.74, 6) is 0.531. The molecule has 1 heterocycles. The predicted octanol–water partition coefficient (Wildman–Crippen LogP) is 2.82. The highest BCUT2D eigenvalue weighted by Gasteiger charge is 2.06. The van der Waals surface area contributed by atoms with Gasteiger partial charge in [-0.3, -0.25) is 4.90 Å². The molecule has 0 amide bonds. The Morgan fingerprint density at radius 3 is 2.53 bits per heavy atom. The Hall–Kier alpha value is -1.93. The second-order valence-electron chi connectivity index (χ2n) is 3.42. The zero-order chi connectivity index (χ0) is 12.3. The minimum atomic E-state index is 0.531. The van der Waals surface area contributed by atoms with Crippen molar-refractivity contribution in [3.05, 3.63) is 40.9 Å². The van der Waals surface area contributed by atoms with Gasteiger partial charge in [0.15, 0.2) is 12.0 Å². The van der Waals surface area contributed by atoms with E-state index in [2.05, 4.69) is 26.1 Å². The maximum absolute atomic E-state index is 8.72. The van der Waals surface area contributed by atoms with E-state index in [9.17, 15) is 0 Å². The minimum absolute atomic E-state index is 0.531. The van der Waals surface area contributed by atoms with E-state index in [0.717, 1.165) is 15.7 Å². The fourth-order valence-electron chi connectivity index (χ4n) is 1.37. The van der Waals surface area contributed by atoms with E-state index in [4.69, 9.17) is 5.26 Å². The second kappa shape index (κ2) is 4.93. The maximum atomic E-state index is 8.72. The fourth-order valence-corrected chi connectivity index (χ4v) is 1.86. The largest absolute Gasteiger partial charge is 0.265 e. The Kier molecular flexibility index (Phi) is 3.35. The highest BCUT2D eigenvalue weighted by Crippen LogP contribution is 2.26. The molecule has 0 saturated heterocycles. The highest BCUT2D eigenvalue weighted by atomic mass is 79.9. The van der Waals surface area contributed by atoms with E-state index in [0.29, 0.717) is 5.82 Å². The highest BCUT2D eigenvalue weighted by molar-refractivity contribution is 9.10. The van der Waals surface area contributed by atoms with Gasteiger partial charge in [-0.05, 0) is 18.2 Å². The van der Waals surface area contributed by atoms with Gasteiger partial charge in [-0.2, -0.15) is 5.26 Å². The van der Waals surface area contributed by atoms with Crippen LogP contribution < -0.4 is 4.90 Å². The summed E-state index contributed by atoms with van der Waals surface area (Å²) < 4.78 is 0.968. The van der Waals surface area contributed by atoms with Crippen LogP contribution in [0.4, 0.5) is 5.82 Å². The van der Waals surface area contributed by atoms with Crippen molar-refractivity contribution in [3.63, 3.8) is 0 Å². The van der Waals surface area contributed by atoms with Gasteiger partial charge in [0.05, 0.1) is 5.69 Å². The molecule has 84 valence electrons. The zero-order valence-corrected chi connectivity index (χ0v) is 10.7. The van der Waals surface area contributed by atoms with Crippen molar-refractivity contribution in [2.24, 2.45) is 0 Å². The number of rotatable bonds is 2. The molecule has 0 radical (unpaired) electrons. The third kappa shape index (κ3) is 2.43. The van der Waals surface area contributed by atoms with Crippen molar-refractivity contribution < 1.29 is 0 Å². The molecule has 0 fully saturated rings. The van der Waals surface area contributed by atoms with Crippen LogP contribution in [-0.2, 0) is 0 Å². The molecule has 0 saturated carbocycles. The van der Waals surface area contributed by atoms with Crippen LogP contribution in [0.2, 0.25) is 0 Å². The molecule has 5 heteroatoms. The van der Waals surface area contributed by atoms with Crippen molar-refractivity contribution in [2.75, 3.05) is 11.9 Å². The lowest BCUT2D eigenvalue weighted by molar-refractivity contribution is 0.993. The van der Waals surface area contributed by atoms with Gasteiger partial charge in [-0.25, -0.2) is 0 Å². The number of hydrogen-bond acceptors (Lipinski definition) is 4. The summed E-state index contributed by atoms with van der Waals surface area (Å²) in [6, 6.07) is 11.4. The van der Waals surface area contributed by atoms with E-state index in [1.165, 1.54) is 4.90 Å². The number of nitrogens with zero attached hydrogens (tertiary/aromatic N) is 4. The Balaban J connectivity index is 2.37. The van der Waals surface area contributed by atoms with Gasteiger partial charge in [0, 0.05) is 17.1 Å². The molecule has 0 bridgehead atoms. The van der Waals surface area contributed by atoms with Gasteiger partial charge in [0.1, 0.15) is 0 Å². The molecule has 0 unspecified atom stereocenters. The molecule has 0 N–H and O–H groups in total. The quantitative estimate of drug-likeness (QED) is 0.630. The minimum Gasteiger partial charge on any atom is -0.265 e. The van der Waals surface area contributed by atoms with Gasteiger partial charge in [0.25, 0.3) is 0 Å². The number of aromatic nitrogens is 2. The summed E-state index contributed by atoms with van der Waals surface area (Å²) in [4.78, 5) is 1.36. The molecule has 0 atom stereocenters. The van der Waals surface area contributed by atoms with E-state index in [-0.39, 0.29) is 0 Å². The van der Waals surface area contributed by atoms with Gasteiger partial charge in [-0.1, -0.05) is 34.1 Å². The lowest BCUT2D eigenvalue weighted by Gasteiger charge is -2.07. The Morgan fingerprint density at radius 2 is 1.94 bits per heavy atom. The number of benzene rings is 1. The molecule has 2 aromatic rings. The average Bonchev–Trinajstić information content (AvgIpc) is 2.39. The van der Waals surface area contributed by atoms with E-state index >= 15 is 0 Å². The predicted molar refractivity (Wildman–Crippen MR) is 69.2 cm³/mol. The van der Waals surface area contributed by atoms with Crippen LogP contribution in [0.3, 0.4) is 0 Å². The van der Waals surface area contributed by atoms with Crippen LogP contribution in [0, 0.1) is 11.5 Å². The van der Waals surface area contributed by atoms with Gasteiger partial charge < -0.3 is 0 Å². The SMILES string of the molecule is CN(C#N)c1ccc(-c2ccccc2Br)nn1. The molecule has 0 aliphatic rings. The summed E-state index contributed by atoms with van der Waals surface area (Å²) in [5.41, 5.74) is 1.75. The van der Waals surface area contributed by atoms with E-state index in [1.54, 1.807) is 13.1 Å².